The second kappa shape index (κ2) is 5.28. The van der Waals surface area contributed by atoms with Crippen molar-refractivity contribution in [3.63, 3.8) is 0 Å². The van der Waals surface area contributed by atoms with Crippen LogP contribution in [-0.4, -0.2) is 17.5 Å². The summed E-state index contributed by atoms with van der Waals surface area (Å²) in [6.45, 7) is 0. The summed E-state index contributed by atoms with van der Waals surface area (Å²) in [5.41, 5.74) is 1.34. The average Bonchev–Trinajstić information content (AvgIpc) is 2.03. The molecule has 0 aliphatic carbocycles. The molecule has 0 spiro atoms. The molecule has 0 nitrogen and oxygen atoms in total. The van der Waals surface area contributed by atoms with Crippen LogP contribution >= 0.6 is 17.8 Å². The molecule has 0 amide bonds. The van der Waals surface area contributed by atoms with Crippen molar-refractivity contribution in [2.75, 3.05) is 0 Å². The number of rotatable bonds is 3. The summed E-state index contributed by atoms with van der Waals surface area (Å²) in [5.74, 6) is 0. The molecule has 59 valence electrons. The Labute approximate surface area is 81.7 Å². The zero-order chi connectivity index (χ0) is 8.10. The Morgan fingerprint density at radius 3 is 2.27 bits per heavy atom. The average molecular weight is 295 g/mol. The summed E-state index contributed by atoms with van der Waals surface area (Å²) in [5, 5.41) is 0. The molecule has 1 radical (unpaired) electrons. The van der Waals surface area contributed by atoms with Gasteiger partial charge in [0.15, 0.2) is 0 Å². The van der Waals surface area contributed by atoms with E-state index < -0.39 is 17.5 Å². The van der Waals surface area contributed by atoms with Crippen molar-refractivity contribution in [2.45, 2.75) is 10.9 Å². The van der Waals surface area contributed by atoms with Gasteiger partial charge in [-0.1, -0.05) is 0 Å². The van der Waals surface area contributed by atoms with Crippen molar-refractivity contribution in [2.24, 2.45) is 0 Å². The monoisotopic (exact) mass is 295 g/mol. The number of hydrogen-bond acceptors (Lipinski definition) is 0. The molecule has 0 fully saturated rings. The van der Waals surface area contributed by atoms with Gasteiger partial charge in [-0.05, 0) is 0 Å². The maximum absolute atomic E-state index is 5.79. The molecule has 3 heteroatoms. The summed E-state index contributed by atoms with van der Waals surface area (Å²) in [6, 6.07) is 10.3. The third kappa shape index (κ3) is 4.24. The van der Waals surface area contributed by atoms with Gasteiger partial charge in [0.05, 0.1) is 0 Å². The first-order valence-electron chi connectivity index (χ1n) is 3.50. The Hall–Kier alpha value is 0.599. The third-order valence-corrected chi connectivity index (χ3v) is 5.77. The van der Waals surface area contributed by atoms with Crippen molar-refractivity contribution >= 4 is 35.3 Å². The van der Waals surface area contributed by atoms with Crippen LogP contribution in [0.1, 0.15) is 5.56 Å². The molecular formula is C8H9Cl2Sn. The first kappa shape index (κ1) is 9.68. The molecule has 0 aliphatic rings. The van der Waals surface area contributed by atoms with E-state index in [0.717, 1.165) is 10.9 Å². The van der Waals surface area contributed by atoms with E-state index in [2.05, 4.69) is 12.1 Å². The Morgan fingerprint density at radius 2 is 1.73 bits per heavy atom. The summed E-state index contributed by atoms with van der Waals surface area (Å²) in [4.78, 5) is 0. The van der Waals surface area contributed by atoms with Crippen molar-refractivity contribution in [3.8, 4) is 0 Å². The first-order chi connectivity index (χ1) is 5.29. The van der Waals surface area contributed by atoms with Gasteiger partial charge in [-0.3, -0.25) is 0 Å². The summed E-state index contributed by atoms with van der Waals surface area (Å²) < 4.78 is 1.02. The van der Waals surface area contributed by atoms with Gasteiger partial charge in [-0.25, -0.2) is 0 Å². The van der Waals surface area contributed by atoms with E-state index >= 15 is 0 Å². The van der Waals surface area contributed by atoms with Crippen LogP contribution in [0.3, 0.4) is 0 Å². The van der Waals surface area contributed by atoms with E-state index in [0.29, 0.717) is 0 Å². The number of aryl methyl sites for hydroxylation is 1. The van der Waals surface area contributed by atoms with Gasteiger partial charge in [0.25, 0.3) is 0 Å². The normalized spacial score (nSPS) is 10.5. The fraction of sp³-hybridized carbons (Fsp3) is 0.250. The molecule has 0 bridgehead atoms. The minimum absolute atomic E-state index is 1.02. The van der Waals surface area contributed by atoms with E-state index in [4.69, 9.17) is 17.8 Å². The molecule has 11 heavy (non-hydrogen) atoms. The van der Waals surface area contributed by atoms with E-state index in [1.807, 2.05) is 18.2 Å². The number of benzene rings is 1. The molecular weight excluding hydrogens is 286 g/mol. The second-order valence-electron chi connectivity index (χ2n) is 2.32. The Morgan fingerprint density at radius 1 is 1.09 bits per heavy atom. The number of halogens is 2. The second-order valence-corrected chi connectivity index (χ2v) is 13.1. The standard InChI is InChI=1S/C8H9.2ClH.Sn/c1-2-8-6-4-3-5-7-8;;;/h3-7H,1-2H2;2*1H;/q;;;+2/p-2. The summed E-state index contributed by atoms with van der Waals surface area (Å²) in [6.07, 6.45) is 1.04. The maximum atomic E-state index is 5.79. The van der Waals surface area contributed by atoms with Gasteiger partial charge in [-0.15, -0.1) is 0 Å². The van der Waals surface area contributed by atoms with Crippen LogP contribution in [0, 0.1) is 0 Å². The van der Waals surface area contributed by atoms with Gasteiger partial charge in [0.2, 0.25) is 0 Å². The van der Waals surface area contributed by atoms with Gasteiger partial charge in [-0.2, -0.15) is 0 Å². The fourth-order valence-electron chi connectivity index (χ4n) is 0.884. The first-order valence-corrected chi connectivity index (χ1v) is 12.7. The summed E-state index contributed by atoms with van der Waals surface area (Å²) >= 11 is -1.88. The van der Waals surface area contributed by atoms with Gasteiger partial charge < -0.3 is 0 Å². The molecule has 0 saturated carbocycles. The molecule has 0 aromatic heterocycles. The Kier molecular flexibility index (Phi) is 4.65. The zero-order valence-corrected chi connectivity index (χ0v) is 10.4. The predicted molar refractivity (Wildman–Crippen MR) is 52.4 cm³/mol. The molecule has 1 aromatic rings. The third-order valence-electron chi connectivity index (χ3n) is 1.45. The van der Waals surface area contributed by atoms with Gasteiger partial charge in [0.1, 0.15) is 0 Å². The van der Waals surface area contributed by atoms with Crippen molar-refractivity contribution in [3.05, 3.63) is 35.9 Å². The Balaban J connectivity index is 2.39. The van der Waals surface area contributed by atoms with Crippen LogP contribution in [-0.2, 0) is 6.42 Å². The summed E-state index contributed by atoms with van der Waals surface area (Å²) in [7, 11) is 11.6. The molecule has 0 aliphatic heterocycles. The van der Waals surface area contributed by atoms with Crippen LogP contribution < -0.4 is 0 Å². The van der Waals surface area contributed by atoms with Crippen LogP contribution in [0.5, 0.6) is 0 Å². The van der Waals surface area contributed by atoms with Crippen molar-refractivity contribution < 1.29 is 0 Å². The van der Waals surface area contributed by atoms with Gasteiger partial charge >= 0.3 is 82.1 Å². The molecule has 1 aromatic carbocycles. The van der Waals surface area contributed by atoms with E-state index in [1.165, 1.54) is 5.56 Å². The van der Waals surface area contributed by atoms with E-state index in [9.17, 15) is 0 Å². The van der Waals surface area contributed by atoms with Crippen LogP contribution in [0.4, 0.5) is 0 Å². The van der Waals surface area contributed by atoms with E-state index in [1.54, 1.807) is 0 Å². The molecule has 0 N–H and O–H groups in total. The molecule has 0 saturated heterocycles. The molecule has 1 rings (SSSR count). The molecule has 0 heterocycles. The SMILES string of the molecule is [Cl][Sn]([Cl])[CH2]Cc1ccccc1. The van der Waals surface area contributed by atoms with Gasteiger partial charge in [0, 0.05) is 0 Å². The molecule has 0 atom stereocenters. The van der Waals surface area contributed by atoms with Crippen molar-refractivity contribution in [1.29, 1.82) is 0 Å². The van der Waals surface area contributed by atoms with Crippen LogP contribution in [0.2, 0.25) is 4.44 Å². The predicted octanol–water partition coefficient (Wildman–Crippen LogP) is 3.19. The minimum atomic E-state index is -1.88. The van der Waals surface area contributed by atoms with Crippen molar-refractivity contribution in [1.82, 2.24) is 0 Å². The topological polar surface area (TPSA) is 0 Å². The van der Waals surface area contributed by atoms with E-state index in [-0.39, 0.29) is 0 Å². The molecule has 0 unspecified atom stereocenters. The number of hydrogen-bond donors (Lipinski definition) is 0. The quantitative estimate of drug-likeness (QED) is 0.751. The zero-order valence-electron chi connectivity index (χ0n) is 6.06. The van der Waals surface area contributed by atoms with Crippen LogP contribution in [0.15, 0.2) is 30.3 Å². The van der Waals surface area contributed by atoms with Crippen LogP contribution in [0.25, 0.3) is 0 Å². The Bertz CT molecular complexity index is 199. The fourth-order valence-corrected chi connectivity index (χ4v) is 3.51.